The van der Waals surface area contributed by atoms with E-state index in [0.717, 1.165) is 35.3 Å². The van der Waals surface area contributed by atoms with E-state index in [1.165, 1.54) is 0 Å². The van der Waals surface area contributed by atoms with Crippen molar-refractivity contribution >= 4 is 0 Å². The maximum absolute atomic E-state index is 10.8. The van der Waals surface area contributed by atoms with Gasteiger partial charge in [-0.1, -0.05) is 61.5 Å². The second kappa shape index (κ2) is 6.06. The van der Waals surface area contributed by atoms with E-state index in [-0.39, 0.29) is 5.75 Å². The van der Waals surface area contributed by atoms with Gasteiger partial charge in [-0.05, 0) is 18.9 Å². The smallest absolute Gasteiger partial charge is 0.169 e. The van der Waals surface area contributed by atoms with Crippen LogP contribution in [0.1, 0.15) is 18.9 Å². The number of hydrogen-bond donors (Lipinski definition) is 1. The lowest BCUT2D eigenvalue weighted by Crippen LogP contribution is -2.02. The molecule has 22 heavy (non-hydrogen) atoms. The van der Waals surface area contributed by atoms with Gasteiger partial charge in [0.25, 0.3) is 0 Å². The van der Waals surface area contributed by atoms with Crippen LogP contribution in [0.15, 0.2) is 54.6 Å². The number of nitrogens with zero attached hydrogens (tertiary/aromatic N) is 2. The van der Waals surface area contributed by atoms with E-state index in [4.69, 9.17) is 0 Å². The highest BCUT2D eigenvalue weighted by atomic mass is 16.3. The molecule has 3 nitrogen and oxygen atoms in total. The quantitative estimate of drug-likeness (QED) is 0.760. The summed E-state index contributed by atoms with van der Waals surface area (Å²) in [7, 11) is 0. The standard InChI is InChI=1S/C19H20N2O/c1-3-13-21-18(16-12-8-7-9-14(16)2)19(22)17(20-21)15-10-5-4-6-11-15/h4-12,22H,3,13H2,1-2H3. The van der Waals surface area contributed by atoms with Crippen LogP contribution in [0, 0.1) is 6.92 Å². The van der Waals surface area contributed by atoms with Crippen molar-refractivity contribution in [2.45, 2.75) is 26.8 Å². The summed E-state index contributed by atoms with van der Waals surface area (Å²) in [5.74, 6) is 0.258. The Morgan fingerprint density at radius 1 is 1.00 bits per heavy atom. The average Bonchev–Trinajstić information content (AvgIpc) is 2.86. The molecule has 1 aromatic heterocycles. The number of aryl methyl sites for hydroxylation is 2. The van der Waals surface area contributed by atoms with Crippen LogP contribution in [0.2, 0.25) is 0 Å². The second-order valence-electron chi connectivity index (χ2n) is 5.45. The van der Waals surface area contributed by atoms with Crippen LogP contribution in [0.3, 0.4) is 0 Å². The summed E-state index contributed by atoms with van der Waals surface area (Å²) in [6.07, 6.45) is 0.966. The minimum Gasteiger partial charge on any atom is -0.504 e. The Bertz CT molecular complexity index is 775. The molecule has 3 heteroatoms. The summed E-state index contributed by atoms with van der Waals surface area (Å²) in [5, 5.41) is 15.4. The van der Waals surface area contributed by atoms with Crippen LogP contribution < -0.4 is 0 Å². The molecule has 0 spiro atoms. The van der Waals surface area contributed by atoms with Crippen molar-refractivity contribution in [2.24, 2.45) is 0 Å². The maximum Gasteiger partial charge on any atom is 0.169 e. The molecule has 0 saturated carbocycles. The van der Waals surface area contributed by atoms with Crippen LogP contribution in [-0.4, -0.2) is 14.9 Å². The van der Waals surface area contributed by atoms with E-state index in [1.54, 1.807) is 0 Å². The highest BCUT2D eigenvalue weighted by molar-refractivity contribution is 5.79. The van der Waals surface area contributed by atoms with Crippen LogP contribution in [0.25, 0.3) is 22.5 Å². The summed E-state index contributed by atoms with van der Waals surface area (Å²) in [6.45, 7) is 4.95. The fourth-order valence-electron chi connectivity index (χ4n) is 2.72. The monoisotopic (exact) mass is 292 g/mol. The summed E-state index contributed by atoms with van der Waals surface area (Å²) >= 11 is 0. The van der Waals surface area contributed by atoms with E-state index in [2.05, 4.69) is 25.0 Å². The van der Waals surface area contributed by atoms with Gasteiger partial charge < -0.3 is 5.11 Å². The number of benzene rings is 2. The SMILES string of the molecule is CCCn1nc(-c2ccccc2)c(O)c1-c1ccccc1C. The van der Waals surface area contributed by atoms with Gasteiger partial charge in [-0.2, -0.15) is 5.10 Å². The maximum atomic E-state index is 10.8. The third-order valence-electron chi connectivity index (χ3n) is 3.81. The first-order valence-corrected chi connectivity index (χ1v) is 7.63. The Balaban J connectivity index is 2.21. The zero-order chi connectivity index (χ0) is 15.5. The van der Waals surface area contributed by atoms with Gasteiger partial charge in [0.1, 0.15) is 11.4 Å². The molecule has 1 heterocycles. The fourth-order valence-corrected chi connectivity index (χ4v) is 2.72. The van der Waals surface area contributed by atoms with Crippen molar-refractivity contribution in [1.82, 2.24) is 9.78 Å². The van der Waals surface area contributed by atoms with Gasteiger partial charge in [0, 0.05) is 17.7 Å². The van der Waals surface area contributed by atoms with Crippen LogP contribution >= 0.6 is 0 Å². The molecule has 0 aliphatic heterocycles. The molecule has 112 valence electrons. The molecule has 0 aliphatic rings. The topological polar surface area (TPSA) is 38.0 Å². The minimum atomic E-state index is 0.258. The molecular weight excluding hydrogens is 272 g/mol. The number of rotatable bonds is 4. The molecule has 0 unspecified atom stereocenters. The van der Waals surface area contributed by atoms with Gasteiger partial charge in [0.15, 0.2) is 5.75 Å². The van der Waals surface area contributed by atoms with Crippen molar-refractivity contribution in [3.8, 4) is 28.3 Å². The van der Waals surface area contributed by atoms with E-state index in [1.807, 2.05) is 53.2 Å². The molecule has 0 radical (unpaired) electrons. The molecule has 0 fully saturated rings. The Hall–Kier alpha value is -2.55. The normalized spacial score (nSPS) is 10.8. The Kier molecular flexibility index (Phi) is 3.96. The van der Waals surface area contributed by atoms with Crippen molar-refractivity contribution < 1.29 is 5.11 Å². The molecular formula is C19H20N2O. The van der Waals surface area contributed by atoms with Crippen LogP contribution in [-0.2, 0) is 6.54 Å². The van der Waals surface area contributed by atoms with E-state index in [0.29, 0.717) is 5.69 Å². The van der Waals surface area contributed by atoms with Crippen LogP contribution in [0.5, 0.6) is 5.75 Å². The predicted molar refractivity (Wildman–Crippen MR) is 89.8 cm³/mol. The largest absolute Gasteiger partial charge is 0.504 e. The molecule has 2 aromatic carbocycles. The molecule has 0 amide bonds. The molecule has 1 N–H and O–H groups in total. The third-order valence-corrected chi connectivity index (χ3v) is 3.81. The number of aromatic nitrogens is 2. The first-order chi connectivity index (χ1) is 10.7. The van der Waals surface area contributed by atoms with Gasteiger partial charge in [-0.25, -0.2) is 0 Å². The molecule has 0 atom stereocenters. The third kappa shape index (κ3) is 2.50. The zero-order valence-corrected chi connectivity index (χ0v) is 13.0. The average molecular weight is 292 g/mol. The van der Waals surface area contributed by atoms with Gasteiger partial charge in [0.2, 0.25) is 0 Å². The lowest BCUT2D eigenvalue weighted by Gasteiger charge is -2.09. The molecule has 0 bridgehead atoms. The van der Waals surface area contributed by atoms with E-state index < -0.39 is 0 Å². The predicted octanol–water partition coefficient (Wildman–Crippen LogP) is 4.64. The molecule has 3 aromatic rings. The van der Waals surface area contributed by atoms with Crippen molar-refractivity contribution in [3.05, 3.63) is 60.2 Å². The van der Waals surface area contributed by atoms with Crippen molar-refractivity contribution in [1.29, 1.82) is 0 Å². The highest BCUT2D eigenvalue weighted by Crippen LogP contribution is 2.39. The lowest BCUT2D eigenvalue weighted by atomic mass is 10.0. The summed E-state index contributed by atoms with van der Waals surface area (Å²) in [4.78, 5) is 0. The van der Waals surface area contributed by atoms with Crippen molar-refractivity contribution in [3.63, 3.8) is 0 Å². The number of hydrogen-bond acceptors (Lipinski definition) is 2. The lowest BCUT2D eigenvalue weighted by molar-refractivity contribution is 0.477. The molecule has 0 saturated heterocycles. The van der Waals surface area contributed by atoms with Gasteiger partial charge >= 0.3 is 0 Å². The zero-order valence-electron chi connectivity index (χ0n) is 13.0. The second-order valence-corrected chi connectivity index (χ2v) is 5.45. The fraction of sp³-hybridized carbons (Fsp3) is 0.211. The highest BCUT2D eigenvalue weighted by Gasteiger charge is 2.20. The molecule has 3 rings (SSSR count). The van der Waals surface area contributed by atoms with E-state index >= 15 is 0 Å². The first kappa shape index (κ1) is 14.4. The summed E-state index contributed by atoms with van der Waals surface area (Å²) in [5.41, 5.74) is 4.55. The van der Waals surface area contributed by atoms with Crippen molar-refractivity contribution in [2.75, 3.05) is 0 Å². The summed E-state index contributed by atoms with van der Waals surface area (Å²) in [6, 6.07) is 17.9. The van der Waals surface area contributed by atoms with E-state index in [9.17, 15) is 5.11 Å². The Morgan fingerprint density at radius 3 is 2.36 bits per heavy atom. The van der Waals surface area contributed by atoms with Crippen LogP contribution in [0.4, 0.5) is 0 Å². The Morgan fingerprint density at radius 2 is 1.68 bits per heavy atom. The Labute approximate surface area is 130 Å². The van der Waals surface area contributed by atoms with Gasteiger partial charge in [-0.15, -0.1) is 0 Å². The number of aromatic hydroxyl groups is 1. The minimum absolute atomic E-state index is 0.258. The van der Waals surface area contributed by atoms with Gasteiger partial charge in [-0.3, -0.25) is 4.68 Å². The summed E-state index contributed by atoms with van der Waals surface area (Å²) < 4.78 is 1.92. The molecule has 0 aliphatic carbocycles. The van der Waals surface area contributed by atoms with Gasteiger partial charge in [0.05, 0.1) is 0 Å². The first-order valence-electron chi connectivity index (χ1n) is 7.63.